The Bertz CT molecular complexity index is 897. The Labute approximate surface area is 182 Å². The molecule has 0 unspecified atom stereocenters. The van der Waals surface area contributed by atoms with Crippen LogP contribution in [0.2, 0.25) is 0 Å². The molecule has 0 spiro atoms. The van der Waals surface area contributed by atoms with Crippen molar-refractivity contribution >= 4 is 41.0 Å². The van der Waals surface area contributed by atoms with Crippen molar-refractivity contribution in [2.45, 2.75) is 44.5 Å². The number of rotatable bonds is 6. The van der Waals surface area contributed by atoms with Crippen molar-refractivity contribution in [1.82, 2.24) is 0 Å². The van der Waals surface area contributed by atoms with E-state index in [0.29, 0.717) is 11.5 Å². The molecule has 2 heterocycles. The number of carbonyl (C=O) groups excluding carboxylic acids is 3. The summed E-state index contributed by atoms with van der Waals surface area (Å²) in [7, 11) is 0. The van der Waals surface area contributed by atoms with E-state index in [-0.39, 0.29) is 0 Å². The molecular weight excluding hydrogens is 428 g/mol. The van der Waals surface area contributed by atoms with Gasteiger partial charge < -0.3 is 18.9 Å². The molecular formula is C21H22O7S2. The van der Waals surface area contributed by atoms with Crippen LogP contribution >= 0.6 is 23.1 Å². The van der Waals surface area contributed by atoms with Crippen molar-refractivity contribution < 1.29 is 33.3 Å². The van der Waals surface area contributed by atoms with Gasteiger partial charge in [0.2, 0.25) is 0 Å². The summed E-state index contributed by atoms with van der Waals surface area (Å²) in [4.78, 5) is 36.0. The average Bonchev–Trinajstić information content (AvgIpc) is 3.20. The van der Waals surface area contributed by atoms with E-state index in [0.717, 1.165) is 10.4 Å². The maximum atomic E-state index is 11.7. The highest BCUT2D eigenvalue weighted by Gasteiger charge is 2.47. The van der Waals surface area contributed by atoms with Crippen LogP contribution in [0.3, 0.4) is 0 Å². The Morgan fingerprint density at radius 3 is 2.23 bits per heavy atom. The summed E-state index contributed by atoms with van der Waals surface area (Å²) in [5.74, 6) is -0.725. The number of benzene rings is 1. The number of thiophene rings is 1. The first kappa shape index (κ1) is 22.2. The summed E-state index contributed by atoms with van der Waals surface area (Å²) in [6, 6.07) is 11.6. The number of thioether (sulfide) groups is 1. The first-order valence-corrected chi connectivity index (χ1v) is 11.2. The van der Waals surface area contributed by atoms with Crippen LogP contribution in [-0.2, 0) is 28.6 Å². The molecule has 0 amide bonds. The second kappa shape index (κ2) is 9.99. The van der Waals surface area contributed by atoms with Gasteiger partial charge in [-0.2, -0.15) is 0 Å². The first-order valence-electron chi connectivity index (χ1n) is 9.27. The lowest BCUT2D eigenvalue weighted by atomic mass is 10.1. The first-order chi connectivity index (χ1) is 14.3. The number of carbonyl (C=O) groups is 3. The Morgan fingerprint density at radius 2 is 1.60 bits per heavy atom. The van der Waals surface area contributed by atoms with Crippen LogP contribution in [0.25, 0.3) is 10.4 Å². The molecule has 0 saturated carbocycles. The van der Waals surface area contributed by atoms with Crippen LogP contribution in [0.5, 0.6) is 5.75 Å². The van der Waals surface area contributed by atoms with Crippen LogP contribution in [0.4, 0.5) is 0 Å². The second-order valence-electron chi connectivity index (χ2n) is 6.62. The van der Waals surface area contributed by atoms with Gasteiger partial charge in [-0.15, -0.1) is 23.1 Å². The second-order valence-corrected chi connectivity index (χ2v) is 8.70. The summed E-state index contributed by atoms with van der Waals surface area (Å²) < 4.78 is 22.3. The molecule has 2 aromatic rings. The van der Waals surface area contributed by atoms with Crippen LogP contribution < -0.4 is 4.74 Å². The Morgan fingerprint density at radius 1 is 0.900 bits per heavy atom. The van der Waals surface area contributed by atoms with Crippen molar-refractivity contribution in [3.05, 3.63) is 41.8 Å². The Kier molecular flexibility index (Phi) is 7.38. The molecule has 3 rings (SSSR count). The Hall–Kier alpha value is -2.52. The van der Waals surface area contributed by atoms with Gasteiger partial charge in [-0.05, 0) is 29.1 Å². The van der Waals surface area contributed by atoms with Gasteiger partial charge in [0.25, 0.3) is 0 Å². The summed E-state index contributed by atoms with van der Waals surface area (Å²) in [6.45, 7) is 3.78. The van der Waals surface area contributed by atoms with E-state index >= 15 is 0 Å². The van der Waals surface area contributed by atoms with Crippen molar-refractivity contribution in [2.75, 3.05) is 5.75 Å². The predicted octanol–water partition coefficient (Wildman–Crippen LogP) is 3.66. The fourth-order valence-corrected chi connectivity index (χ4v) is 5.05. The molecule has 1 saturated heterocycles. The SMILES string of the molecule is CC(=O)O[C@@H]1[C@@H](OC(C)=O)[C@@H](Oc2cccc(-c3cccs3)c2)SC[C@H]1OC(C)=O. The maximum absolute atomic E-state index is 11.7. The lowest BCUT2D eigenvalue weighted by Crippen LogP contribution is -2.55. The van der Waals surface area contributed by atoms with Crippen LogP contribution in [-0.4, -0.2) is 47.4 Å². The van der Waals surface area contributed by atoms with Gasteiger partial charge in [0.15, 0.2) is 23.7 Å². The zero-order chi connectivity index (χ0) is 21.7. The smallest absolute Gasteiger partial charge is 0.303 e. The van der Waals surface area contributed by atoms with Crippen LogP contribution in [0.15, 0.2) is 41.8 Å². The largest absolute Gasteiger partial charge is 0.476 e. The molecule has 0 radical (unpaired) electrons. The quantitative estimate of drug-likeness (QED) is 0.487. The van der Waals surface area contributed by atoms with E-state index in [2.05, 4.69) is 0 Å². The minimum absolute atomic E-state index is 0.324. The van der Waals surface area contributed by atoms with Crippen LogP contribution in [0.1, 0.15) is 20.8 Å². The lowest BCUT2D eigenvalue weighted by molar-refractivity contribution is -0.186. The molecule has 0 aliphatic carbocycles. The normalized spacial score (nSPS) is 23.3. The molecule has 0 N–H and O–H groups in total. The Balaban J connectivity index is 1.85. The molecule has 30 heavy (non-hydrogen) atoms. The molecule has 1 aliphatic rings. The molecule has 1 aromatic carbocycles. The third-order valence-electron chi connectivity index (χ3n) is 4.20. The van der Waals surface area contributed by atoms with E-state index in [4.69, 9.17) is 18.9 Å². The van der Waals surface area contributed by atoms with Gasteiger partial charge >= 0.3 is 17.9 Å². The molecule has 160 valence electrons. The number of ether oxygens (including phenoxy) is 4. The molecule has 4 atom stereocenters. The third-order valence-corrected chi connectivity index (χ3v) is 6.33. The molecule has 1 fully saturated rings. The van der Waals surface area contributed by atoms with E-state index in [1.807, 2.05) is 41.8 Å². The van der Waals surface area contributed by atoms with Gasteiger partial charge in [0.1, 0.15) is 5.75 Å². The molecule has 9 heteroatoms. The van der Waals surface area contributed by atoms with E-state index in [9.17, 15) is 14.4 Å². The van der Waals surface area contributed by atoms with Gasteiger partial charge in [-0.3, -0.25) is 14.4 Å². The zero-order valence-corrected chi connectivity index (χ0v) is 18.4. The number of esters is 3. The predicted molar refractivity (Wildman–Crippen MR) is 113 cm³/mol. The molecule has 1 aromatic heterocycles. The van der Waals surface area contributed by atoms with Gasteiger partial charge in [0, 0.05) is 31.4 Å². The summed E-state index contributed by atoms with van der Waals surface area (Å²) in [6.07, 6.45) is -2.67. The monoisotopic (exact) mass is 450 g/mol. The van der Waals surface area contributed by atoms with Crippen LogP contribution in [0, 0.1) is 0 Å². The third kappa shape index (κ3) is 5.76. The van der Waals surface area contributed by atoms with Gasteiger partial charge in [0.05, 0.1) is 0 Å². The molecule has 7 nitrogen and oxygen atoms in total. The van der Waals surface area contributed by atoms with E-state index in [1.54, 1.807) is 11.3 Å². The topological polar surface area (TPSA) is 88.1 Å². The zero-order valence-electron chi connectivity index (χ0n) is 16.7. The average molecular weight is 451 g/mol. The van der Waals surface area contributed by atoms with E-state index in [1.165, 1.54) is 32.5 Å². The van der Waals surface area contributed by atoms with Gasteiger partial charge in [-0.1, -0.05) is 18.2 Å². The van der Waals surface area contributed by atoms with E-state index < -0.39 is 41.7 Å². The fraction of sp³-hybridized carbons (Fsp3) is 0.381. The fourth-order valence-electron chi connectivity index (χ4n) is 3.11. The summed E-state index contributed by atoms with van der Waals surface area (Å²) in [5.41, 5.74) is 0.352. The molecule has 0 bridgehead atoms. The molecule has 1 aliphatic heterocycles. The maximum Gasteiger partial charge on any atom is 0.303 e. The summed E-state index contributed by atoms with van der Waals surface area (Å²) >= 11 is 2.94. The van der Waals surface area contributed by atoms with Crippen molar-refractivity contribution in [3.8, 4) is 16.2 Å². The van der Waals surface area contributed by atoms with Gasteiger partial charge in [-0.25, -0.2) is 0 Å². The minimum atomic E-state index is -0.970. The highest BCUT2D eigenvalue weighted by Crippen LogP contribution is 2.35. The summed E-state index contributed by atoms with van der Waals surface area (Å²) in [5, 5.41) is 2.00. The van der Waals surface area contributed by atoms with Crippen molar-refractivity contribution in [3.63, 3.8) is 0 Å². The minimum Gasteiger partial charge on any atom is -0.476 e. The van der Waals surface area contributed by atoms with Crippen molar-refractivity contribution in [2.24, 2.45) is 0 Å². The van der Waals surface area contributed by atoms with Crippen molar-refractivity contribution in [1.29, 1.82) is 0 Å². The standard InChI is InChI=1S/C21H22O7S2/c1-12(22)25-17-11-30-21(20(27-14(3)24)19(17)26-13(2)23)28-16-7-4-6-15(10-16)18-8-5-9-29-18/h4-10,17,19-21H,11H2,1-3H3/t17-,19+,20-,21+/m1/s1. The highest BCUT2D eigenvalue weighted by molar-refractivity contribution is 7.99. The highest BCUT2D eigenvalue weighted by atomic mass is 32.2. The lowest BCUT2D eigenvalue weighted by Gasteiger charge is -2.39. The number of hydrogen-bond donors (Lipinski definition) is 0. The number of hydrogen-bond acceptors (Lipinski definition) is 9.